The summed E-state index contributed by atoms with van der Waals surface area (Å²) in [6.45, 7) is 17.0. The molecule has 5 atom stereocenters. The van der Waals surface area contributed by atoms with Crippen molar-refractivity contribution < 1.29 is 4.39 Å². The fraction of sp³-hybridized carbons (Fsp3) is 0.583. The van der Waals surface area contributed by atoms with Crippen molar-refractivity contribution in [2.24, 2.45) is 34.1 Å². The molecule has 0 spiro atoms. The molecule has 44 heavy (non-hydrogen) atoms. The second-order valence-corrected chi connectivity index (χ2v) is 14.6. The van der Waals surface area contributed by atoms with Crippen LogP contribution in [0, 0.1) is 34.9 Å². The Balaban J connectivity index is 1.30. The highest BCUT2D eigenvalue weighted by Gasteiger charge is 2.56. The fourth-order valence-corrected chi connectivity index (χ4v) is 7.89. The number of hydrogen-bond acceptors (Lipinski definition) is 4. The van der Waals surface area contributed by atoms with Crippen LogP contribution in [0.15, 0.2) is 52.3 Å². The van der Waals surface area contributed by atoms with Crippen molar-refractivity contribution in [3.8, 4) is 0 Å². The first-order valence-corrected chi connectivity index (χ1v) is 16.6. The summed E-state index contributed by atoms with van der Waals surface area (Å²) in [5.41, 5.74) is 3.00. The lowest BCUT2D eigenvalue weighted by Gasteiger charge is -2.61. The van der Waals surface area contributed by atoms with E-state index in [1.165, 1.54) is 18.6 Å². The Labute approximate surface area is 261 Å². The Bertz CT molecular complexity index is 1580. The van der Waals surface area contributed by atoms with Crippen LogP contribution in [0.4, 0.5) is 10.1 Å². The Hall–Kier alpha value is -3.26. The first kappa shape index (κ1) is 30.8. The van der Waals surface area contributed by atoms with Crippen LogP contribution in [-0.2, 0) is 19.4 Å². The summed E-state index contributed by atoms with van der Waals surface area (Å²) in [4.78, 5) is 26.7. The molecule has 1 aromatic heterocycles. The molecule has 3 aromatic rings. The largest absolute Gasteiger partial charge is 0.340 e. The zero-order valence-corrected chi connectivity index (χ0v) is 27.2. The third-order valence-electron chi connectivity index (χ3n) is 10.7. The van der Waals surface area contributed by atoms with Gasteiger partial charge in [-0.1, -0.05) is 46.8 Å². The van der Waals surface area contributed by atoms with E-state index in [-0.39, 0.29) is 11.4 Å². The van der Waals surface area contributed by atoms with Gasteiger partial charge in [0.15, 0.2) is 5.96 Å². The molecule has 2 heterocycles. The van der Waals surface area contributed by atoms with Gasteiger partial charge in [0, 0.05) is 44.3 Å². The highest BCUT2D eigenvalue weighted by atomic mass is 19.1. The van der Waals surface area contributed by atoms with E-state index >= 15 is 0 Å². The number of benzene rings is 2. The van der Waals surface area contributed by atoms with Gasteiger partial charge in [-0.05, 0) is 91.2 Å². The van der Waals surface area contributed by atoms with Gasteiger partial charge in [0.25, 0.3) is 5.56 Å². The Morgan fingerprint density at radius 1 is 1.16 bits per heavy atom. The maximum absolute atomic E-state index is 13.8. The van der Waals surface area contributed by atoms with E-state index in [1.807, 2.05) is 22.8 Å². The molecule has 2 bridgehead atoms. The van der Waals surface area contributed by atoms with Gasteiger partial charge in [-0.2, -0.15) is 0 Å². The lowest BCUT2D eigenvalue weighted by atomic mass is 9.45. The normalized spacial score (nSPS) is 26.6. The number of piperazine rings is 1. The molecule has 2 N–H and O–H groups in total. The number of aromatic nitrogens is 2. The first-order valence-electron chi connectivity index (χ1n) is 16.6. The number of fused-ring (bicyclic) bond motifs is 3. The number of aryl methyl sites for hydroxylation is 1. The lowest BCUT2D eigenvalue weighted by molar-refractivity contribution is -0.108. The molecule has 3 aliphatic carbocycles. The highest BCUT2D eigenvalue weighted by Crippen LogP contribution is 2.61. The van der Waals surface area contributed by atoms with Crippen molar-refractivity contribution in [2.75, 3.05) is 25.0 Å². The van der Waals surface area contributed by atoms with Crippen molar-refractivity contribution in [2.45, 2.75) is 85.9 Å². The predicted octanol–water partition coefficient (Wildman–Crippen LogP) is 6.11. The lowest BCUT2D eigenvalue weighted by Crippen LogP contribution is -2.57. The van der Waals surface area contributed by atoms with Gasteiger partial charge in [0.2, 0.25) is 0 Å². The van der Waals surface area contributed by atoms with E-state index in [1.54, 1.807) is 12.1 Å². The quantitative estimate of drug-likeness (QED) is 0.253. The maximum atomic E-state index is 13.8. The number of hydrogen-bond donors (Lipinski definition) is 2. The van der Waals surface area contributed by atoms with Crippen molar-refractivity contribution in [3.63, 3.8) is 0 Å². The van der Waals surface area contributed by atoms with Crippen molar-refractivity contribution in [1.29, 1.82) is 0 Å². The topological polar surface area (TPSA) is 74.6 Å². The van der Waals surface area contributed by atoms with E-state index < -0.39 is 0 Å². The monoisotopic (exact) mass is 600 g/mol. The number of nitrogens with zero attached hydrogens (tertiary/aromatic N) is 4. The van der Waals surface area contributed by atoms with Gasteiger partial charge in [-0.15, -0.1) is 0 Å². The second kappa shape index (κ2) is 12.3. The molecular formula is C36H49FN6O. The molecular weight excluding hydrogens is 551 g/mol. The zero-order chi connectivity index (χ0) is 31.2. The van der Waals surface area contributed by atoms with Crippen LogP contribution in [0.2, 0.25) is 0 Å². The molecule has 3 saturated carbocycles. The molecule has 0 amide bonds. The molecule has 1 unspecified atom stereocenters. The highest BCUT2D eigenvalue weighted by molar-refractivity contribution is 5.96. The first-order chi connectivity index (χ1) is 21.0. The van der Waals surface area contributed by atoms with Crippen LogP contribution < -0.4 is 16.2 Å². The number of rotatable bonds is 7. The van der Waals surface area contributed by atoms with Crippen LogP contribution >= 0.6 is 0 Å². The molecule has 7 rings (SSSR count). The fourth-order valence-electron chi connectivity index (χ4n) is 7.89. The van der Waals surface area contributed by atoms with Crippen LogP contribution in [0.5, 0.6) is 0 Å². The number of guanidine groups is 1. The summed E-state index contributed by atoms with van der Waals surface area (Å²) >= 11 is 0. The van der Waals surface area contributed by atoms with E-state index in [9.17, 15) is 9.18 Å². The Kier molecular flexibility index (Phi) is 8.57. The van der Waals surface area contributed by atoms with E-state index in [4.69, 9.17) is 9.98 Å². The van der Waals surface area contributed by atoms with Crippen molar-refractivity contribution in [1.82, 2.24) is 19.8 Å². The van der Waals surface area contributed by atoms with Crippen molar-refractivity contribution in [3.05, 3.63) is 70.0 Å². The molecule has 1 saturated heterocycles. The third-order valence-corrected chi connectivity index (χ3v) is 10.7. The summed E-state index contributed by atoms with van der Waals surface area (Å²) in [5.74, 6) is 3.85. The summed E-state index contributed by atoms with van der Waals surface area (Å²) in [7, 11) is 0. The summed E-state index contributed by atoms with van der Waals surface area (Å²) in [6, 6.07) is 13.1. The predicted molar refractivity (Wildman–Crippen MR) is 178 cm³/mol. The van der Waals surface area contributed by atoms with Crippen LogP contribution in [0.25, 0.3) is 10.9 Å². The van der Waals surface area contributed by atoms with Gasteiger partial charge in [-0.25, -0.2) is 14.4 Å². The molecule has 8 heteroatoms. The van der Waals surface area contributed by atoms with E-state index in [2.05, 4.69) is 57.1 Å². The number of nitrogens with one attached hydrogen (secondary N) is 2. The third kappa shape index (κ3) is 6.15. The van der Waals surface area contributed by atoms with Crippen LogP contribution in [0.1, 0.15) is 65.8 Å². The summed E-state index contributed by atoms with van der Waals surface area (Å²) in [6.07, 6.45) is 3.83. The van der Waals surface area contributed by atoms with Crippen LogP contribution in [0.3, 0.4) is 0 Å². The van der Waals surface area contributed by atoms with Gasteiger partial charge in [-0.3, -0.25) is 9.36 Å². The van der Waals surface area contributed by atoms with Gasteiger partial charge in [0.1, 0.15) is 11.6 Å². The molecule has 4 aliphatic rings. The van der Waals surface area contributed by atoms with Gasteiger partial charge >= 0.3 is 0 Å². The van der Waals surface area contributed by atoms with Crippen molar-refractivity contribution >= 4 is 22.5 Å². The second-order valence-electron chi connectivity index (χ2n) is 14.6. The standard InChI is InChI=1S/C36H49FN6O/c1-22(2)17-33-40-32-20-28(11-12-29(32)34(44)43(33)15-13-25-7-9-27(37)10-8-25)39-35(42-16-14-38-23(3)21-42)41-31-19-26-18-30(24(31)4)36(26,5)6/h7-12,20,22-24,26,30-31,38H,13-19,21H2,1-6H3,(H,39,41)/t23-,24?,26+,30-,31-/m0/s1. The number of anilines is 1. The Morgan fingerprint density at radius 3 is 2.61 bits per heavy atom. The smallest absolute Gasteiger partial charge is 0.261 e. The van der Waals surface area contributed by atoms with E-state index in [0.29, 0.717) is 59.6 Å². The Morgan fingerprint density at radius 2 is 1.93 bits per heavy atom. The minimum atomic E-state index is -0.253. The van der Waals surface area contributed by atoms with Crippen LogP contribution in [-0.4, -0.2) is 52.1 Å². The van der Waals surface area contributed by atoms with E-state index in [0.717, 1.165) is 60.9 Å². The van der Waals surface area contributed by atoms with Gasteiger partial charge in [0.05, 0.1) is 16.9 Å². The summed E-state index contributed by atoms with van der Waals surface area (Å²) in [5, 5.41) is 7.87. The molecule has 4 fully saturated rings. The molecule has 1 aliphatic heterocycles. The molecule has 7 nitrogen and oxygen atoms in total. The SMILES string of the molecule is CC(C)Cc1nc2cc(NC(=N[C@H]3C[C@H]4C[C@@H](C3C)C4(C)C)N3CCN[C@@H](C)C3)ccc2c(=O)n1CCc1ccc(F)cc1. The molecule has 0 radical (unpaired) electrons. The minimum Gasteiger partial charge on any atom is -0.340 e. The molecule has 236 valence electrons. The number of aliphatic imine (C=N–C) groups is 1. The average Bonchev–Trinajstić information content (AvgIpc) is 2.97. The molecule has 2 aromatic carbocycles. The summed E-state index contributed by atoms with van der Waals surface area (Å²) < 4.78 is 15.2. The zero-order valence-electron chi connectivity index (χ0n) is 27.2. The van der Waals surface area contributed by atoms with Gasteiger partial charge < -0.3 is 15.5 Å². The maximum Gasteiger partial charge on any atom is 0.261 e. The average molecular weight is 601 g/mol. The number of halogens is 1. The minimum absolute atomic E-state index is 0.0259.